The van der Waals surface area contributed by atoms with Crippen LogP contribution in [0, 0.1) is 0 Å². The van der Waals surface area contributed by atoms with E-state index in [1.54, 1.807) is 13.0 Å². The molecule has 3 heteroatoms. The van der Waals surface area contributed by atoms with Crippen molar-refractivity contribution >= 4 is 32.5 Å². The Bertz CT molecular complexity index is 563. The molecule has 0 saturated heterocycles. The monoisotopic (exact) mass is 292 g/mol. The number of alkyl halides is 1. The number of hydrogen-bond acceptors (Lipinski definition) is 2. The van der Waals surface area contributed by atoms with E-state index in [1.165, 1.54) is 0 Å². The number of phenolic OH excluding ortho intramolecular Hbond substituents is 1. The van der Waals surface area contributed by atoms with Crippen LogP contribution in [0.15, 0.2) is 36.4 Å². The van der Waals surface area contributed by atoms with Crippen molar-refractivity contribution in [3.63, 3.8) is 0 Å². The Balaban J connectivity index is 2.51. The lowest BCUT2D eigenvalue weighted by Gasteiger charge is -2.11. The third kappa shape index (κ3) is 2.50. The Morgan fingerprint density at radius 1 is 1.29 bits per heavy atom. The van der Waals surface area contributed by atoms with Gasteiger partial charge >= 0.3 is 0 Å². The maximum atomic E-state index is 11.3. The van der Waals surface area contributed by atoms with Crippen molar-refractivity contribution in [1.29, 1.82) is 0 Å². The molecule has 1 atom stereocenters. The quantitative estimate of drug-likeness (QED) is 0.880. The van der Waals surface area contributed by atoms with E-state index in [4.69, 9.17) is 0 Å². The van der Waals surface area contributed by atoms with Crippen molar-refractivity contribution in [2.24, 2.45) is 0 Å². The van der Waals surface area contributed by atoms with E-state index in [-0.39, 0.29) is 16.4 Å². The molecule has 0 bridgehead atoms. The molecule has 0 amide bonds. The molecule has 1 N–H and O–H groups in total. The Morgan fingerprint density at radius 3 is 2.71 bits per heavy atom. The van der Waals surface area contributed by atoms with Crippen LogP contribution in [-0.2, 0) is 11.2 Å². The molecule has 17 heavy (non-hydrogen) atoms. The summed E-state index contributed by atoms with van der Waals surface area (Å²) in [6.45, 7) is 1.54. The van der Waals surface area contributed by atoms with E-state index in [2.05, 4.69) is 15.9 Å². The Morgan fingerprint density at radius 2 is 2.00 bits per heavy atom. The van der Waals surface area contributed by atoms with Crippen LogP contribution in [0.25, 0.3) is 10.8 Å². The van der Waals surface area contributed by atoms with Gasteiger partial charge in [0.2, 0.25) is 0 Å². The van der Waals surface area contributed by atoms with Gasteiger partial charge in [0.05, 0.1) is 4.83 Å². The lowest BCUT2D eigenvalue weighted by molar-refractivity contribution is -0.116. The highest BCUT2D eigenvalue weighted by molar-refractivity contribution is 9.10. The van der Waals surface area contributed by atoms with Gasteiger partial charge in [0.25, 0.3) is 0 Å². The Labute approximate surface area is 108 Å². The summed E-state index contributed by atoms with van der Waals surface area (Å²) in [5.74, 6) is 0.312. The fourth-order valence-corrected chi connectivity index (χ4v) is 2.19. The molecule has 0 aliphatic carbocycles. The molecule has 0 heterocycles. The molecular formula is C14H13BrO2. The first kappa shape index (κ1) is 12.1. The lowest BCUT2D eigenvalue weighted by Crippen LogP contribution is -2.13. The Kier molecular flexibility index (Phi) is 3.48. The number of carbonyl (C=O) groups excluding carboxylic acids is 1. The van der Waals surface area contributed by atoms with Crippen LogP contribution in [0.3, 0.4) is 0 Å². The maximum Gasteiger partial charge on any atom is 0.143 e. The van der Waals surface area contributed by atoms with Crippen LogP contribution in [0.2, 0.25) is 0 Å². The number of ketones is 1. The average Bonchev–Trinajstić information content (AvgIpc) is 2.32. The minimum atomic E-state index is -0.251. The van der Waals surface area contributed by atoms with E-state index in [9.17, 15) is 9.90 Å². The smallest absolute Gasteiger partial charge is 0.143 e. The molecule has 2 rings (SSSR count). The van der Waals surface area contributed by atoms with E-state index in [0.29, 0.717) is 6.42 Å². The van der Waals surface area contributed by atoms with Crippen LogP contribution in [0.1, 0.15) is 12.5 Å². The second-order valence-corrected chi connectivity index (χ2v) is 5.17. The van der Waals surface area contributed by atoms with Crippen molar-refractivity contribution < 1.29 is 9.90 Å². The van der Waals surface area contributed by atoms with Crippen LogP contribution < -0.4 is 0 Å². The van der Waals surface area contributed by atoms with Crippen molar-refractivity contribution in [1.82, 2.24) is 0 Å². The molecule has 0 aromatic heterocycles. The second-order valence-electron chi connectivity index (χ2n) is 4.07. The van der Waals surface area contributed by atoms with Gasteiger partial charge in [-0.1, -0.05) is 46.3 Å². The molecule has 2 aromatic rings. The normalized spacial score (nSPS) is 12.6. The van der Waals surface area contributed by atoms with Crippen molar-refractivity contribution in [2.45, 2.75) is 18.2 Å². The molecule has 0 aliphatic heterocycles. The fraction of sp³-hybridized carbons (Fsp3) is 0.214. The minimum absolute atomic E-state index is 0.0670. The van der Waals surface area contributed by atoms with E-state index in [0.717, 1.165) is 16.3 Å². The lowest BCUT2D eigenvalue weighted by atomic mass is 9.99. The van der Waals surface area contributed by atoms with Gasteiger partial charge in [-0.3, -0.25) is 4.79 Å². The van der Waals surface area contributed by atoms with Gasteiger partial charge in [-0.05, 0) is 30.2 Å². The van der Waals surface area contributed by atoms with Gasteiger partial charge in [0.1, 0.15) is 11.5 Å². The third-order valence-corrected chi connectivity index (χ3v) is 3.81. The fourth-order valence-electron chi connectivity index (χ4n) is 1.86. The highest BCUT2D eigenvalue weighted by Gasteiger charge is 2.15. The number of fused-ring (bicyclic) bond motifs is 1. The maximum absolute atomic E-state index is 11.3. The summed E-state index contributed by atoms with van der Waals surface area (Å²) in [7, 11) is 0. The number of halogens is 1. The molecule has 0 radical (unpaired) electrons. The number of hydrogen-bond donors (Lipinski definition) is 1. The molecule has 0 fully saturated rings. The largest absolute Gasteiger partial charge is 0.508 e. The summed E-state index contributed by atoms with van der Waals surface area (Å²) in [6.07, 6.45) is 0.503. The number of carbonyl (C=O) groups is 1. The first-order valence-corrected chi connectivity index (χ1v) is 6.35. The zero-order chi connectivity index (χ0) is 12.4. The SMILES string of the molecule is CC(=O)C(Br)Cc1c(O)ccc2ccccc12. The standard InChI is InChI=1S/C14H13BrO2/c1-9(16)13(15)8-12-11-5-3-2-4-10(11)6-7-14(12)17/h2-7,13,17H,8H2,1H3. The van der Waals surface area contributed by atoms with Gasteiger partial charge in [0.15, 0.2) is 0 Å². The third-order valence-electron chi connectivity index (χ3n) is 2.84. The minimum Gasteiger partial charge on any atom is -0.508 e. The predicted molar refractivity (Wildman–Crippen MR) is 72.7 cm³/mol. The predicted octanol–water partition coefficient (Wildman–Crippen LogP) is 3.44. The summed E-state index contributed by atoms with van der Waals surface area (Å²) in [5.41, 5.74) is 0.820. The summed E-state index contributed by atoms with van der Waals surface area (Å²) in [4.78, 5) is 11.0. The van der Waals surface area contributed by atoms with Crippen LogP contribution in [-0.4, -0.2) is 15.7 Å². The van der Waals surface area contributed by atoms with E-state index >= 15 is 0 Å². The highest BCUT2D eigenvalue weighted by Crippen LogP contribution is 2.29. The van der Waals surface area contributed by atoms with Gasteiger partial charge in [-0.2, -0.15) is 0 Å². The van der Waals surface area contributed by atoms with Gasteiger partial charge in [-0.25, -0.2) is 0 Å². The molecule has 0 saturated carbocycles. The van der Waals surface area contributed by atoms with Crippen molar-refractivity contribution in [3.8, 4) is 5.75 Å². The molecule has 1 unspecified atom stereocenters. The first-order valence-electron chi connectivity index (χ1n) is 5.43. The molecule has 0 spiro atoms. The number of Topliss-reactive ketones (excluding diaryl/α,β-unsaturated/α-hetero) is 1. The highest BCUT2D eigenvalue weighted by atomic mass is 79.9. The van der Waals surface area contributed by atoms with Crippen molar-refractivity contribution in [3.05, 3.63) is 42.0 Å². The van der Waals surface area contributed by atoms with E-state index in [1.807, 2.05) is 30.3 Å². The zero-order valence-electron chi connectivity index (χ0n) is 9.48. The number of aromatic hydroxyl groups is 1. The van der Waals surface area contributed by atoms with Crippen LogP contribution in [0.4, 0.5) is 0 Å². The average molecular weight is 293 g/mol. The molecule has 0 aliphatic rings. The summed E-state index contributed by atoms with van der Waals surface area (Å²) in [6, 6.07) is 11.4. The topological polar surface area (TPSA) is 37.3 Å². The molecule has 88 valence electrons. The molecule has 2 nitrogen and oxygen atoms in total. The van der Waals surface area contributed by atoms with Crippen LogP contribution in [0.5, 0.6) is 5.75 Å². The molecule has 2 aromatic carbocycles. The first-order chi connectivity index (χ1) is 8.09. The number of benzene rings is 2. The number of rotatable bonds is 3. The zero-order valence-corrected chi connectivity index (χ0v) is 11.1. The molecular weight excluding hydrogens is 280 g/mol. The van der Waals surface area contributed by atoms with Crippen LogP contribution >= 0.6 is 15.9 Å². The van der Waals surface area contributed by atoms with Crippen molar-refractivity contribution in [2.75, 3.05) is 0 Å². The summed E-state index contributed by atoms with van der Waals surface area (Å²) in [5, 5.41) is 12.0. The number of phenols is 1. The second kappa shape index (κ2) is 4.88. The van der Waals surface area contributed by atoms with Gasteiger partial charge < -0.3 is 5.11 Å². The Hall–Kier alpha value is -1.35. The van der Waals surface area contributed by atoms with E-state index < -0.39 is 0 Å². The summed E-state index contributed by atoms with van der Waals surface area (Å²) >= 11 is 3.34. The summed E-state index contributed by atoms with van der Waals surface area (Å²) < 4.78 is 0. The van der Waals surface area contributed by atoms with Gasteiger partial charge in [0, 0.05) is 5.56 Å². The van der Waals surface area contributed by atoms with Gasteiger partial charge in [-0.15, -0.1) is 0 Å².